The van der Waals surface area contributed by atoms with E-state index in [-0.39, 0.29) is 17.9 Å². The van der Waals surface area contributed by atoms with Crippen LogP contribution in [-0.4, -0.2) is 39.5 Å². The van der Waals surface area contributed by atoms with E-state index in [1.807, 2.05) is 72.4 Å². The Hall–Kier alpha value is -3.26. The number of benzene rings is 2. The first-order valence-electron chi connectivity index (χ1n) is 10.3. The van der Waals surface area contributed by atoms with Crippen LogP contribution in [0.25, 0.3) is 0 Å². The van der Waals surface area contributed by atoms with Gasteiger partial charge in [-0.2, -0.15) is 0 Å². The SMILES string of the molecule is Cn1ccnc1Sc1ccc(NC(=O)C2CCN(C(=O)Nc3ccccc3)CC2)cc1. The monoisotopic (exact) mass is 435 g/mol. The number of hydrogen-bond donors (Lipinski definition) is 2. The van der Waals surface area contributed by atoms with Crippen molar-refractivity contribution in [2.45, 2.75) is 22.9 Å². The van der Waals surface area contributed by atoms with Crippen LogP contribution < -0.4 is 10.6 Å². The Morgan fingerprint density at radius 2 is 1.65 bits per heavy atom. The molecule has 1 saturated heterocycles. The molecule has 8 heteroatoms. The third-order valence-corrected chi connectivity index (χ3v) is 6.37. The lowest BCUT2D eigenvalue weighted by Gasteiger charge is -2.31. The van der Waals surface area contributed by atoms with E-state index in [9.17, 15) is 9.59 Å². The fraction of sp³-hybridized carbons (Fsp3) is 0.261. The normalized spacial score (nSPS) is 14.3. The van der Waals surface area contributed by atoms with Crippen molar-refractivity contribution in [2.75, 3.05) is 23.7 Å². The first kappa shape index (κ1) is 21.0. The second kappa shape index (κ2) is 9.70. The van der Waals surface area contributed by atoms with Gasteiger partial charge in [0.1, 0.15) is 0 Å². The van der Waals surface area contributed by atoms with Gasteiger partial charge in [-0.05, 0) is 49.2 Å². The molecule has 1 fully saturated rings. The van der Waals surface area contributed by atoms with E-state index in [2.05, 4.69) is 15.6 Å². The number of hydrogen-bond acceptors (Lipinski definition) is 4. The van der Waals surface area contributed by atoms with Gasteiger partial charge in [-0.3, -0.25) is 4.79 Å². The highest BCUT2D eigenvalue weighted by atomic mass is 32.2. The molecule has 7 nitrogen and oxygen atoms in total. The fourth-order valence-corrected chi connectivity index (χ4v) is 4.28. The van der Waals surface area contributed by atoms with Gasteiger partial charge in [-0.25, -0.2) is 9.78 Å². The molecular formula is C23H25N5O2S. The van der Waals surface area contributed by atoms with Gasteiger partial charge in [-0.1, -0.05) is 30.0 Å². The molecular weight excluding hydrogens is 410 g/mol. The lowest BCUT2D eigenvalue weighted by atomic mass is 9.96. The minimum Gasteiger partial charge on any atom is -0.329 e. The van der Waals surface area contributed by atoms with Crippen molar-refractivity contribution in [3.8, 4) is 0 Å². The number of carbonyl (C=O) groups excluding carboxylic acids is 2. The van der Waals surface area contributed by atoms with Crippen LogP contribution in [0.2, 0.25) is 0 Å². The number of anilines is 2. The van der Waals surface area contributed by atoms with Crippen molar-refractivity contribution >= 4 is 35.1 Å². The number of urea groups is 1. The molecule has 0 radical (unpaired) electrons. The average molecular weight is 436 g/mol. The van der Waals surface area contributed by atoms with Crippen LogP contribution in [0.3, 0.4) is 0 Å². The van der Waals surface area contributed by atoms with Crippen molar-refractivity contribution < 1.29 is 9.59 Å². The molecule has 1 aliphatic rings. The number of rotatable bonds is 5. The molecule has 0 unspecified atom stereocenters. The zero-order chi connectivity index (χ0) is 21.6. The van der Waals surface area contributed by atoms with Gasteiger partial charge >= 0.3 is 6.03 Å². The summed E-state index contributed by atoms with van der Waals surface area (Å²) in [5.74, 6) is -0.0879. The summed E-state index contributed by atoms with van der Waals surface area (Å²) in [6, 6.07) is 17.1. The van der Waals surface area contributed by atoms with Crippen LogP contribution in [0.4, 0.5) is 16.2 Å². The molecule has 31 heavy (non-hydrogen) atoms. The second-order valence-electron chi connectivity index (χ2n) is 7.49. The molecule has 2 N–H and O–H groups in total. The second-order valence-corrected chi connectivity index (χ2v) is 8.53. The van der Waals surface area contributed by atoms with Crippen LogP contribution in [0.15, 0.2) is 77.0 Å². The topological polar surface area (TPSA) is 79.3 Å². The van der Waals surface area contributed by atoms with Crippen molar-refractivity contribution in [2.24, 2.45) is 13.0 Å². The van der Waals surface area contributed by atoms with Crippen molar-refractivity contribution in [3.05, 3.63) is 67.0 Å². The molecule has 3 aromatic rings. The number of piperidine rings is 1. The zero-order valence-electron chi connectivity index (χ0n) is 17.3. The summed E-state index contributed by atoms with van der Waals surface area (Å²) in [4.78, 5) is 32.2. The maximum atomic E-state index is 12.7. The summed E-state index contributed by atoms with van der Waals surface area (Å²) >= 11 is 1.58. The van der Waals surface area contributed by atoms with Gasteiger partial charge in [0.05, 0.1) is 0 Å². The van der Waals surface area contributed by atoms with Crippen LogP contribution in [0.5, 0.6) is 0 Å². The van der Waals surface area contributed by atoms with Crippen LogP contribution in [0.1, 0.15) is 12.8 Å². The molecule has 0 atom stereocenters. The highest BCUT2D eigenvalue weighted by molar-refractivity contribution is 7.99. The fourth-order valence-electron chi connectivity index (χ4n) is 3.48. The molecule has 1 aliphatic heterocycles. The minimum absolute atomic E-state index is 0.00706. The Balaban J connectivity index is 1.25. The van der Waals surface area contributed by atoms with E-state index in [4.69, 9.17) is 0 Å². The van der Waals surface area contributed by atoms with E-state index in [0.717, 1.165) is 21.4 Å². The lowest BCUT2D eigenvalue weighted by Crippen LogP contribution is -2.43. The zero-order valence-corrected chi connectivity index (χ0v) is 18.1. The maximum Gasteiger partial charge on any atom is 0.321 e. The number of amides is 3. The highest BCUT2D eigenvalue weighted by Crippen LogP contribution is 2.27. The molecule has 2 aromatic carbocycles. The molecule has 0 aliphatic carbocycles. The number of nitrogens with zero attached hydrogens (tertiary/aromatic N) is 3. The van der Waals surface area contributed by atoms with Gasteiger partial charge in [0.15, 0.2) is 5.16 Å². The van der Waals surface area contributed by atoms with E-state index in [0.29, 0.717) is 25.9 Å². The van der Waals surface area contributed by atoms with Gasteiger partial charge < -0.3 is 20.1 Å². The van der Waals surface area contributed by atoms with Gasteiger partial charge in [-0.15, -0.1) is 0 Å². The van der Waals surface area contributed by atoms with Crippen molar-refractivity contribution in [1.82, 2.24) is 14.5 Å². The summed E-state index contributed by atoms with van der Waals surface area (Å²) < 4.78 is 1.97. The summed E-state index contributed by atoms with van der Waals surface area (Å²) in [7, 11) is 1.96. The maximum absolute atomic E-state index is 12.7. The number of imidazole rings is 1. The van der Waals surface area contributed by atoms with Crippen molar-refractivity contribution in [1.29, 1.82) is 0 Å². The smallest absolute Gasteiger partial charge is 0.321 e. The number of likely N-dealkylation sites (tertiary alicyclic amines) is 1. The predicted octanol–water partition coefficient (Wildman–Crippen LogP) is 4.45. The quantitative estimate of drug-likeness (QED) is 0.620. The molecule has 2 heterocycles. The molecule has 1 aromatic heterocycles. The molecule has 0 saturated carbocycles. The number of carbonyl (C=O) groups is 2. The van der Waals surface area contributed by atoms with E-state index < -0.39 is 0 Å². The van der Waals surface area contributed by atoms with E-state index in [1.165, 1.54) is 0 Å². The van der Waals surface area contributed by atoms with Crippen molar-refractivity contribution in [3.63, 3.8) is 0 Å². The largest absolute Gasteiger partial charge is 0.329 e. The predicted molar refractivity (Wildman–Crippen MR) is 122 cm³/mol. The molecule has 0 spiro atoms. The summed E-state index contributed by atoms with van der Waals surface area (Å²) in [5, 5.41) is 6.82. The van der Waals surface area contributed by atoms with Crippen LogP contribution in [-0.2, 0) is 11.8 Å². The Morgan fingerprint density at radius 3 is 2.29 bits per heavy atom. The summed E-state index contributed by atoms with van der Waals surface area (Å²) in [6.07, 6.45) is 4.99. The molecule has 3 amide bonds. The average Bonchev–Trinajstić information content (AvgIpc) is 3.20. The third-order valence-electron chi connectivity index (χ3n) is 5.29. The lowest BCUT2D eigenvalue weighted by molar-refractivity contribution is -0.121. The van der Waals surface area contributed by atoms with Crippen LogP contribution in [0, 0.1) is 5.92 Å². The van der Waals surface area contributed by atoms with E-state index in [1.54, 1.807) is 22.9 Å². The standard InChI is InChI=1S/C23H25N5O2S/c1-27-16-13-24-23(27)31-20-9-7-19(8-10-20)25-21(29)17-11-14-28(15-12-17)22(30)26-18-5-3-2-4-6-18/h2-10,13,16-17H,11-12,14-15H2,1H3,(H,25,29)(H,26,30). The number of para-hydroxylation sites is 1. The highest BCUT2D eigenvalue weighted by Gasteiger charge is 2.27. The van der Waals surface area contributed by atoms with Gasteiger partial charge in [0, 0.05) is 54.7 Å². The number of aryl methyl sites for hydroxylation is 1. The van der Waals surface area contributed by atoms with Gasteiger partial charge in [0.25, 0.3) is 0 Å². The third kappa shape index (κ3) is 5.46. The number of nitrogens with one attached hydrogen (secondary N) is 2. The van der Waals surface area contributed by atoms with Crippen LogP contribution >= 0.6 is 11.8 Å². The number of aromatic nitrogens is 2. The Kier molecular flexibility index (Phi) is 6.57. The Bertz CT molecular complexity index is 1030. The first-order valence-corrected chi connectivity index (χ1v) is 11.1. The summed E-state index contributed by atoms with van der Waals surface area (Å²) in [6.45, 7) is 1.13. The molecule has 0 bridgehead atoms. The van der Waals surface area contributed by atoms with Gasteiger partial charge in [0.2, 0.25) is 5.91 Å². The molecule has 160 valence electrons. The molecule has 4 rings (SSSR count). The minimum atomic E-state index is -0.120. The van der Waals surface area contributed by atoms with E-state index >= 15 is 0 Å². The first-order chi connectivity index (χ1) is 15.1. The summed E-state index contributed by atoms with van der Waals surface area (Å²) in [5.41, 5.74) is 1.55. The Labute approximate surface area is 185 Å². The Morgan fingerprint density at radius 1 is 0.968 bits per heavy atom.